The lowest BCUT2D eigenvalue weighted by atomic mass is 10.0. The van der Waals surface area contributed by atoms with Crippen molar-refractivity contribution in [3.05, 3.63) is 75.5 Å². The Balaban J connectivity index is 2.36. The number of benzene rings is 2. The average molecular weight is 313 g/mol. The first-order valence-electron chi connectivity index (χ1n) is 7.19. The van der Waals surface area contributed by atoms with E-state index in [9.17, 15) is 10.1 Å². The zero-order valence-corrected chi connectivity index (χ0v) is 13.4. The monoisotopic (exact) mass is 313 g/mol. The van der Waals surface area contributed by atoms with Gasteiger partial charge in [0.2, 0.25) is 6.20 Å². The summed E-state index contributed by atoms with van der Waals surface area (Å²) in [6.45, 7) is 4.00. The van der Waals surface area contributed by atoms with Gasteiger partial charge in [0.15, 0.2) is 11.5 Å². The lowest BCUT2D eigenvalue weighted by molar-refractivity contribution is -0.401. The summed E-state index contributed by atoms with van der Waals surface area (Å²) in [4.78, 5) is 10.2. The van der Waals surface area contributed by atoms with Crippen molar-refractivity contribution < 1.29 is 14.4 Å². The van der Waals surface area contributed by atoms with Crippen molar-refractivity contribution in [1.82, 2.24) is 0 Å². The van der Waals surface area contributed by atoms with Crippen LogP contribution >= 0.6 is 0 Å². The highest BCUT2D eigenvalue weighted by atomic mass is 16.6. The molecule has 0 unspecified atom stereocenters. The highest BCUT2D eigenvalue weighted by Crippen LogP contribution is 2.38. The van der Waals surface area contributed by atoms with Crippen molar-refractivity contribution in [3.8, 4) is 11.5 Å². The summed E-state index contributed by atoms with van der Waals surface area (Å²) in [6, 6.07) is 13.5. The second kappa shape index (κ2) is 7.45. The molecule has 0 saturated carbocycles. The highest BCUT2D eigenvalue weighted by Gasteiger charge is 2.16. The summed E-state index contributed by atoms with van der Waals surface area (Å²) in [6.07, 6.45) is 0.966. The van der Waals surface area contributed by atoms with Gasteiger partial charge in [0.25, 0.3) is 0 Å². The maximum atomic E-state index is 10.7. The molecule has 0 spiro atoms. The van der Waals surface area contributed by atoms with Crippen LogP contribution in [0.3, 0.4) is 0 Å². The van der Waals surface area contributed by atoms with E-state index in [0.717, 1.165) is 17.3 Å². The molecule has 0 aliphatic carbocycles. The van der Waals surface area contributed by atoms with Crippen molar-refractivity contribution in [2.24, 2.45) is 0 Å². The van der Waals surface area contributed by atoms with Crippen LogP contribution in [-0.4, -0.2) is 12.0 Å². The standard InChI is InChI=1S/C18H19NO4/c1-13-9-10-16(14(2)11-19(20)21)18(22-3)17(13)23-12-15-7-5-4-6-8-15/h4-11H,12H2,1-3H3/b14-11+. The van der Waals surface area contributed by atoms with Crippen LogP contribution in [0.2, 0.25) is 0 Å². The zero-order valence-electron chi connectivity index (χ0n) is 13.4. The average Bonchev–Trinajstić information content (AvgIpc) is 2.53. The molecule has 0 aliphatic rings. The predicted molar refractivity (Wildman–Crippen MR) is 89.2 cm³/mol. The number of rotatable bonds is 6. The van der Waals surface area contributed by atoms with Gasteiger partial charge in [-0.2, -0.15) is 0 Å². The zero-order chi connectivity index (χ0) is 16.8. The SMILES string of the molecule is COc1c(/C(C)=C/[N+](=O)[O-])ccc(C)c1OCc1ccccc1. The number of aryl methyl sites for hydroxylation is 1. The fourth-order valence-electron chi connectivity index (χ4n) is 2.31. The predicted octanol–water partition coefficient (Wildman–Crippen LogP) is 4.22. The first-order valence-corrected chi connectivity index (χ1v) is 7.19. The summed E-state index contributed by atoms with van der Waals surface area (Å²) in [5.41, 5.74) is 3.11. The Kier molecular flexibility index (Phi) is 5.36. The van der Waals surface area contributed by atoms with Crippen molar-refractivity contribution in [2.45, 2.75) is 20.5 Å². The van der Waals surface area contributed by atoms with Gasteiger partial charge in [-0.15, -0.1) is 0 Å². The van der Waals surface area contributed by atoms with Gasteiger partial charge < -0.3 is 9.47 Å². The van der Waals surface area contributed by atoms with Crippen molar-refractivity contribution in [1.29, 1.82) is 0 Å². The molecule has 0 aliphatic heterocycles. The molecule has 0 bridgehead atoms. The molecule has 120 valence electrons. The maximum absolute atomic E-state index is 10.7. The topological polar surface area (TPSA) is 61.6 Å². The molecular weight excluding hydrogens is 294 g/mol. The van der Waals surface area contributed by atoms with Crippen molar-refractivity contribution in [2.75, 3.05) is 7.11 Å². The molecule has 0 fully saturated rings. The lowest BCUT2D eigenvalue weighted by Crippen LogP contribution is -2.02. The van der Waals surface area contributed by atoms with E-state index < -0.39 is 4.92 Å². The number of nitrogens with zero attached hydrogens (tertiary/aromatic N) is 1. The molecule has 5 heteroatoms. The Hall–Kier alpha value is -2.82. The number of ether oxygens (including phenoxy) is 2. The van der Waals surface area contributed by atoms with E-state index in [2.05, 4.69) is 0 Å². The highest BCUT2D eigenvalue weighted by molar-refractivity contribution is 5.72. The number of hydrogen-bond donors (Lipinski definition) is 0. The molecule has 0 heterocycles. The van der Waals surface area contributed by atoms with Crippen LogP contribution in [-0.2, 0) is 6.61 Å². The fourth-order valence-corrected chi connectivity index (χ4v) is 2.31. The van der Waals surface area contributed by atoms with E-state index >= 15 is 0 Å². The minimum atomic E-state index is -0.473. The molecule has 0 radical (unpaired) electrons. The van der Waals surface area contributed by atoms with Crippen molar-refractivity contribution >= 4 is 5.57 Å². The normalized spacial score (nSPS) is 11.2. The lowest BCUT2D eigenvalue weighted by Gasteiger charge is -2.16. The maximum Gasteiger partial charge on any atom is 0.238 e. The van der Waals surface area contributed by atoms with Gasteiger partial charge in [-0.1, -0.05) is 42.5 Å². The van der Waals surface area contributed by atoms with E-state index in [1.165, 1.54) is 7.11 Å². The van der Waals surface area contributed by atoms with Gasteiger partial charge in [-0.25, -0.2) is 0 Å². The number of hydrogen-bond acceptors (Lipinski definition) is 4. The summed E-state index contributed by atoms with van der Waals surface area (Å²) in [7, 11) is 1.53. The molecule has 2 aromatic carbocycles. The third kappa shape index (κ3) is 4.10. The van der Waals surface area contributed by atoms with E-state index in [4.69, 9.17) is 9.47 Å². The number of allylic oxidation sites excluding steroid dienone is 1. The van der Waals surface area contributed by atoms with E-state index in [1.54, 1.807) is 13.0 Å². The van der Waals surface area contributed by atoms with E-state index in [1.807, 2.05) is 43.3 Å². The molecule has 2 rings (SSSR count). The molecule has 0 N–H and O–H groups in total. The smallest absolute Gasteiger partial charge is 0.238 e. The minimum absolute atomic E-state index is 0.402. The van der Waals surface area contributed by atoms with Gasteiger partial charge >= 0.3 is 0 Å². The first-order chi connectivity index (χ1) is 11.0. The van der Waals surface area contributed by atoms with Gasteiger partial charge in [-0.05, 0) is 25.0 Å². The Labute approximate surface area is 135 Å². The molecule has 23 heavy (non-hydrogen) atoms. The molecule has 0 aromatic heterocycles. The van der Waals surface area contributed by atoms with Crippen LogP contribution in [0.1, 0.15) is 23.6 Å². The van der Waals surface area contributed by atoms with E-state index in [-0.39, 0.29) is 0 Å². The van der Waals surface area contributed by atoms with Gasteiger partial charge in [0.1, 0.15) is 6.61 Å². The summed E-state index contributed by atoms with van der Waals surface area (Å²) in [5.74, 6) is 1.11. The van der Waals surface area contributed by atoms with Crippen LogP contribution in [0.5, 0.6) is 11.5 Å². The van der Waals surface area contributed by atoms with Crippen LogP contribution < -0.4 is 9.47 Å². The Morgan fingerprint density at radius 3 is 2.48 bits per heavy atom. The molecular formula is C18H19NO4. The molecule has 2 aromatic rings. The third-order valence-corrected chi connectivity index (χ3v) is 3.46. The first kappa shape index (κ1) is 16.5. The molecule has 0 amide bonds. The van der Waals surface area contributed by atoms with Gasteiger partial charge in [0.05, 0.1) is 12.0 Å². The number of nitro groups is 1. The van der Waals surface area contributed by atoms with Gasteiger partial charge in [-0.3, -0.25) is 10.1 Å². The molecule has 0 saturated heterocycles. The minimum Gasteiger partial charge on any atom is -0.492 e. The summed E-state index contributed by atoms with van der Waals surface area (Å²) >= 11 is 0. The number of methoxy groups -OCH3 is 1. The second-order valence-electron chi connectivity index (χ2n) is 5.16. The molecule has 5 nitrogen and oxygen atoms in total. The third-order valence-electron chi connectivity index (χ3n) is 3.46. The summed E-state index contributed by atoms with van der Waals surface area (Å²) < 4.78 is 11.4. The fraction of sp³-hybridized carbons (Fsp3) is 0.222. The Morgan fingerprint density at radius 1 is 1.17 bits per heavy atom. The van der Waals surface area contributed by atoms with Crippen LogP contribution in [0.15, 0.2) is 48.7 Å². The quantitative estimate of drug-likeness (QED) is 0.591. The van der Waals surface area contributed by atoms with Crippen LogP contribution in [0.4, 0.5) is 0 Å². The van der Waals surface area contributed by atoms with E-state index in [0.29, 0.717) is 29.2 Å². The Morgan fingerprint density at radius 2 is 1.87 bits per heavy atom. The summed E-state index contributed by atoms with van der Waals surface area (Å²) in [5, 5.41) is 10.7. The molecule has 0 atom stereocenters. The van der Waals surface area contributed by atoms with Crippen molar-refractivity contribution in [3.63, 3.8) is 0 Å². The van der Waals surface area contributed by atoms with Gasteiger partial charge in [0, 0.05) is 11.1 Å². The Bertz CT molecular complexity index is 723. The second-order valence-corrected chi connectivity index (χ2v) is 5.16. The van der Waals surface area contributed by atoms with Crippen LogP contribution in [0.25, 0.3) is 5.57 Å². The van der Waals surface area contributed by atoms with Crippen LogP contribution in [0, 0.1) is 17.0 Å². The largest absolute Gasteiger partial charge is 0.492 e.